The van der Waals surface area contributed by atoms with Crippen LogP contribution in [0.5, 0.6) is 0 Å². The number of aliphatic hydroxyl groups is 1. The van der Waals surface area contributed by atoms with Crippen molar-refractivity contribution in [1.29, 1.82) is 0 Å². The van der Waals surface area contributed by atoms with Gasteiger partial charge in [0.25, 0.3) is 5.91 Å². The molecule has 0 aliphatic carbocycles. The molecule has 0 aliphatic rings. The van der Waals surface area contributed by atoms with Crippen molar-refractivity contribution < 1.29 is 9.90 Å². The largest absolute Gasteiger partial charge is 0.396 e. The summed E-state index contributed by atoms with van der Waals surface area (Å²) < 4.78 is 0.961. The lowest BCUT2D eigenvalue weighted by atomic mass is 10.00. The van der Waals surface area contributed by atoms with E-state index in [0.29, 0.717) is 18.0 Å². The van der Waals surface area contributed by atoms with Crippen LogP contribution in [0.15, 0.2) is 28.7 Å². The fraction of sp³-hybridized carbons (Fsp3) is 0.500. The average molecular weight is 314 g/mol. The van der Waals surface area contributed by atoms with E-state index in [0.717, 1.165) is 23.7 Å². The number of carbonyl (C=O) groups excluding carboxylic acids is 1. The summed E-state index contributed by atoms with van der Waals surface area (Å²) >= 11 is 3.34. The van der Waals surface area contributed by atoms with E-state index in [4.69, 9.17) is 5.11 Å². The van der Waals surface area contributed by atoms with E-state index >= 15 is 0 Å². The molecular formula is C14H20BrNO2. The van der Waals surface area contributed by atoms with Gasteiger partial charge in [0.15, 0.2) is 0 Å². The Labute approximate surface area is 117 Å². The van der Waals surface area contributed by atoms with Crippen LogP contribution in [0.4, 0.5) is 0 Å². The first-order valence-corrected chi connectivity index (χ1v) is 7.11. The monoisotopic (exact) mass is 313 g/mol. The molecule has 3 nitrogen and oxygen atoms in total. The van der Waals surface area contributed by atoms with Gasteiger partial charge >= 0.3 is 0 Å². The van der Waals surface area contributed by atoms with Gasteiger partial charge in [-0.1, -0.05) is 29.3 Å². The van der Waals surface area contributed by atoms with Crippen molar-refractivity contribution in [3.05, 3.63) is 34.3 Å². The van der Waals surface area contributed by atoms with Crippen LogP contribution in [0, 0.1) is 5.92 Å². The molecule has 4 heteroatoms. The number of carbonyl (C=O) groups is 1. The quantitative estimate of drug-likeness (QED) is 0.813. The van der Waals surface area contributed by atoms with Gasteiger partial charge in [-0.2, -0.15) is 0 Å². The van der Waals surface area contributed by atoms with E-state index in [1.54, 1.807) is 12.1 Å². The van der Waals surface area contributed by atoms with Gasteiger partial charge in [0, 0.05) is 23.2 Å². The first-order valence-electron chi connectivity index (χ1n) is 6.32. The fourth-order valence-corrected chi connectivity index (χ4v) is 2.14. The second-order valence-electron chi connectivity index (χ2n) is 4.38. The topological polar surface area (TPSA) is 49.3 Å². The minimum atomic E-state index is -0.0541. The van der Waals surface area contributed by atoms with Crippen LogP contribution < -0.4 is 5.32 Å². The lowest BCUT2D eigenvalue weighted by molar-refractivity contribution is 0.0943. The molecule has 0 spiro atoms. The van der Waals surface area contributed by atoms with Gasteiger partial charge in [0.1, 0.15) is 0 Å². The highest BCUT2D eigenvalue weighted by molar-refractivity contribution is 9.10. The molecule has 1 aromatic carbocycles. The van der Waals surface area contributed by atoms with Gasteiger partial charge in [-0.3, -0.25) is 4.79 Å². The molecule has 1 atom stereocenters. The molecule has 0 radical (unpaired) electrons. The highest BCUT2D eigenvalue weighted by Crippen LogP contribution is 2.12. The second-order valence-corrected chi connectivity index (χ2v) is 5.30. The maximum atomic E-state index is 11.9. The number of amides is 1. The summed E-state index contributed by atoms with van der Waals surface area (Å²) in [6.07, 6.45) is 2.84. The molecule has 100 valence electrons. The maximum absolute atomic E-state index is 11.9. The van der Waals surface area contributed by atoms with Crippen molar-refractivity contribution in [2.24, 2.45) is 5.92 Å². The van der Waals surface area contributed by atoms with Gasteiger partial charge in [0.05, 0.1) is 0 Å². The van der Waals surface area contributed by atoms with Crippen LogP contribution >= 0.6 is 15.9 Å². The number of nitrogens with one attached hydrogen (secondary N) is 1. The van der Waals surface area contributed by atoms with Gasteiger partial charge in [-0.15, -0.1) is 0 Å². The second kappa shape index (κ2) is 8.27. The van der Waals surface area contributed by atoms with Crippen LogP contribution in [-0.2, 0) is 0 Å². The molecule has 0 fully saturated rings. The standard InChI is InChI=1S/C14H20BrNO2/c1-2-3-11(8-9-17)10-16-14(18)12-4-6-13(15)7-5-12/h4-7,11,17H,2-3,8-10H2,1H3,(H,16,18). The highest BCUT2D eigenvalue weighted by atomic mass is 79.9. The summed E-state index contributed by atoms with van der Waals surface area (Å²) in [6, 6.07) is 7.29. The summed E-state index contributed by atoms with van der Waals surface area (Å²) in [7, 11) is 0. The molecule has 0 aromatic heterocycles. The first-order chi connectivity index (χ1) is 8.67. The normalized spacial score (nSPS) is 12.2. The van der Waals surface area contributed by atoms with Crippen molar-refractivity contribution in [3.8, 4) is 0 Å². The van der Waals surface area contributed by atoms with Gasteiger partial charge in [-0.05, 0) is 43.0 Å². The third-order valence-corrected chi connectivity index (χ3v) is 3.42. The Morgan fingerprint density at radius 2 is 2.00 bits per heavy atom. The van der Waals surface area contributed by atoms with Crippen molar-refractivity contribution in [1.82, 2.24) is 5.32 Å². The zero-order valence-electron chi connectivity index (χ0n) is 10.7. The summed E-state index contributed by atoms with van der Waals surface area (Å²) in [5, 5.41) is 11.9. The first kappa shape index (κ1) is 15.2. The third kappa shape index (κ3) is 5.19. The van der Waals surface area contributed by atoms with Gasteiger partial charge in [-0.25, -0.2) is 0 Å². The molecule has 18 heavy (non-hydrogen) atoms. The number of hydrogen-bond acceptors (Lipinski definition) is 2. The van der Waals surface area contributed by atoms with E-state index in [1.807, 2.05) is 12.1 Å². The van der Waals surface area contributed by atoms with E-state index in [9.17, 15) is 4.79 Å². The molecule has 1 unspecified atom stereocenters. The summed E-state index contributed by atoms with van der Waals surface area (Å²) in [4.78, 5) is 11.9. The minimum Gasteiger partial charge on any atom is -0.396 e. The maximum Gasteiger partial charge on any atom is 0.251 e. The molecule has 0 bridgehead atoms. The zero-order valence-corrected chi connectivity index (χ0v) is 12.2. The van der Waals surface area contributed by atoms with E-state index < -0.39 is 0 Å². The van der Waals surface area contributed by atoms with Crippen LogP contribution in [0.1, 0.15) is 36.5 Å². The molecule has 1 amide bonds. The minimum absolute atomic E-state index is 0.0541. The molecule has 0 saturated carbocycles. The smallest absolute Gasteiger partial charge is 0.251 e. The van der Waals surface area contributed by atoms with Crippen molar-refractivity contribution in [2.45, 2.75) is 26.2 Å². The number of aliphatic hydroxyl groups excluding tert-OH is 1. The Bertz CT molecular complexity index is 359. The van der Waals surface area contributed by atoms with Crippen LogP contribution in [0.25, 0.3) is 0 Å². The Hall–Kier alpha value is -0.870. The van der Waals surface area contributed by atoms with Crippen LogP contribution in [0.2, 0.25) is 0 Å². The van der Waals surface area contributed by atoms with E-state index in [1.165, 1.54) is 0 Å². The number of rotatable bonds is 7. The van der Waals surface area contributed by atoms with Crippen molar-refractivity contribution in [2.75, 3.05) is 13.2 Å². The highest BCUT2D eigenvalue weighted by Gasteiger charge is 2.10. The van der Waals surface area contributed by atoms with E-state index in [-0.39, 0.29) is 12.5 Å². The molecule has 2 N–H and O–H groups in total. The Morgan fingerprint density at radius 1 is 1.33 bits per heavy atom. The summed E-state index contributed by atoms with van der Waals surface area (Å²) in [6.45, 7) is 2.92. The Morgan fingerprint density at radius 3 is 2.56 bits per heavy atom. The van der Waals surface area contributed by atoms with Crippen molar-refractivity contribution in [3.63, 3.8) is 0 Å². The third-order valence-electron chi connectivity index (χ3n) is 2.89. The lowest BCUT2D eigenvalue weighted by Gasteiger charge is -2.15. The van der Waals surface area contributed by atoms with Crippen LogP contribution in [0.3, 0.4) is 0 Å². The Balaban J connectivity index is 2.46. The summed E-state index contributed by atoms with van der Waals surface area (Å²) in [5.74, 6) is 0.306. The zero-order chi connectivity index (χ0) is 13.4. The fourth-order valence-electron chi connectivity index (χ4n) is 1.88. The molecule has 0 saturated heterocycles. The predicted molar refractivity (Wildman–Crippen MR) is 76.6 cm³/mol. The molecular weight excluding hydrogens is 294 g/mol. The number of hydrogen-bond donors (Lipinski definition) is 2. The molecule has 1 aromatic rings. The molecule has 0 aliphatic heterocycles. The molecule has 0 heterocycles. The van der Waals surface area contributed by atoms with Crippen molar-refractivity contribution >= 4 is 21.8 Å². The number of halogens is 1. The van der Waals surface area contributed by atoms with Crippen LogP contribution in [-0.4, -0.2) is 24.2 Å². The Kier molecular flexibility index (Phi) is 6.98. The SMILES string of the molecule is CCCC(CCO)CNC(=O)c1ccc(Br)cc1. The van der Waals surface area contributed by atoms with Gasteiger partial charge in [0.2, 0.25) is 0 Å². The molecule has 1 rings (SSSR count). The number of benzene rings is 1. The predicted octanol–water partition coefficient (Wildman–Crippen LogP) is 2.98. The average Bonchev–Trinajstić information content (AvgIpc) is 2.37. The van der Waals surface area contributed by atoms with E-state index in [2.05, 4.69) is 28.2 Å². The lowest BCUT2D eigenvalue weighted by Crippen LogP contribution is -2.29. The van der Waals surface area contributed by atoms with Gasteiger partial charge < -0.3 is 10.4 Å². The summed E-state index contributed by atoms with van der Waals surface area (Å²) in [5.41, 5.74) is 0.664.